The van der Waals surface area contributed by atoms with Gasteiger partial charge in [0.15, 0.2) is 0 Å². The van der Waals surface area contributed by atoms with E-state index in [1.807, 2.05) is 0 Å². The van der Waals surface area contributed by atoms with Crippen LogP contribution >= 0.6 is 0 Å². The lowest BCUT2D eigenvalue weighted by molar-refractivity contribution is -0.137. The summed E-state index contributed by atoms with van der Waals surface area (Å²) in [5.74, 6) is -0.743. The van der Waals surface area contributed by atoms with Gasteiger partial charge >= 0.3 is 0 Å². The lowest BCUT2D eigenvalue weighted by atomic mass is 10.3. The molecule has 0 aromatic carbocycles. The average Bonchev–Trinajstić information content (AvgIpc) is 2.17. The second-order valence-corrected chi connectivity index (χ2v) is 2.62. The van der Waals surface area contributed by atoms with Gasteiger partial charge in [0.1, 0.15) is 6.67 Å². The average molecular weight is 177 g/mol. The fourth-order valence-corrected chi connectivity index (χ4v) is 1.09. The molecule has 1 aliphatic heterocycles. The Hall–Kier alpha value is -0.710. The molecule has 0 bridgehead atoms. The molecule has 1 fully saturated rings. The Bertz CT molecular complexity index is 159. The SMILES string of the molecule is O=C(C(F)CF)N1CC[N]CC1. The first-order valence-corrected chi connectivity index (χ1v) is 3.88. The Balaban J connectivity index is 2.39. The number of hydrogen-bond donors (Lipinski definition) is 0. The normalized spacial score (nSPS) is 20.7. The highest BCUT2D eigenvalue weighted by atomic mass is 19.2. The zero-order valence-corrected chi connectivity index (χ0v) is 6.67. The minimum atomic E-state index is -1.98. The summed E-state index contributed by atoms with van der Waals surface area (Å²) in [6.45, 7) is 0.667. The number of carbonyl (C=O) groups is 1. The molecule has 3 nitrogen and oxygen atoms in total. The van der Waals surface area contributed by atoms with E-state index in [1.165, 1.54) is 4.90 Å². The Kier molecular flexibility index (Phi) is 3.40. The lowest BCUT2D eigenvalue weighted by Crippen LogP contribution is -2.47. The van der Waals surface area contributed by atoms with Crippen LogP contribution < -0.4 is 5.32 Å². The molecule has 0 aromatic rings. The summed E-state index contributed by atoms with van der Waals surface area (Å²) in [7, 11) is 0. The number of amides is 1. The van der Waals surface area contributed by atoms with Crippen molar-refractivity contribution in [3.63, 3.8) is 0 Å². The molecule has 0 aromatic heterocycles. The van der Waals surface area contributed by atoms with Crippen molar-refractivity contribution in [2.45, 2.75) is 6.17 Å². The van der Waals surface area contributed by atoms with Gasteiger partial charge in [-0.15, -0.1) is 0 Å². The minimum Gasteiger partial charge on any atom is -0.337 e. The molecule has 1 atom stereocenters. The van der Waals surface area contributed by atoms with Crippen molar-refractivity contribution < 1.29 is 13.6 Å². The first kappa shape index (κ1) is 9.38. The van der Waals surface area contributed by atoms with Crippen molar-refractivity contribution in [2.75, 3.05) is 32.9 Å². The topological polar surface area (TPSA) is 34.4 Å². The van der Waals surface area contributed by atoms with Crippen molar-refractivity contribution in [3.8, 4) is 0 Å². The maximum Gasteiger partial charge on any atom is 0.259 e. The monoisotopic (exact) mass is 177 g/mol. The molecule has 5 heteroatoms. The zero-order chi connectivity index (χ0) is 8.97. The van der Waals surface area contributed by atoms with Gasteiger partial charge < -0.3 is 4.90 Å². The highest BCUT2D eigenvalue weighted by Gasteiger charge is 2.24. The maximum atomic E-state index is 12.5. The summed E-state index contributed by atoms with van der Waals surface area (Å²) in [6.07, 6.45) is -1.98. The minimum absolute atomic E-state index is 0.416. The van der Waals surface area contributed by atoms with Crippen LogP contribution in [0.25, 0.3) is 0 Å². The van der Waals surface area contributed by atoms with Gasteiger partial charge in [-0.1, -0.05) is 0 Å². The summed E-state index contributed by atoms with van der Waals surface area (Å²) >= 11 is 0. The first-order chi connectivity index (χ1) is 5.75. The van der Waals surface area contributed by atoms with Crippen LogP contribution in [-0.4, -0.2) is 49.8 Å². The number of hydrogen-bond acceptors (Lipinski definition) is 1. The van der Waals surface area contributed by atoms with Crippen molar-refractivity contribution in [1.29, 1.82) is 0 Å². The Morgan fingerprint density at radius 1 is 1.50 bits per heavy atom. The molecule has 0 aliphatic carbocycles. The third-order valence-electron chi connectivity index (χ3n) is 1.77. The second-order valence-electron chi connectivity index (χ2n) is 2.62. The molecular formula is C7H11F2N2O. The largest absolute Gasteiger partial charge is 0.337 e. The van der Waals surface area contributed by atoms with Gasteiger partial charge in [0, 0.05) is 26.2 Å². The van der Waals surface area contributed by atoms with Crippen LogP contribution in [0.1, 0.15) is 0 Å². The van der Waals surface area contributed by atoms with Gasteiger partial charge in [-0.2, -0.15) is 0 Å². The zero-order valence-electron chi connectivity index (χ0n) is 6.67. The molecule has 0 saturated carbocycles. The van der Waals surface area contributed by atoms with E-state index in [2.05, 4.69) is 5.32 Å². The van der Waals surface area contributed by atoms with Crippen LogP contribution in [-0.2, 0) is 4.79 Å². The second kappa shape index (κ2) is 4.35. The van der Waals surface area contributed by atoms with Crippen molar-refractivity contribution >= 4 is 5.91 Å². The van der Waals surface area contributed by atoms with Crippen LogP contribution in [0.2, 0.25) is 0 Å². The maximum absolute atomic E-state index is 12.5. The number of nitrogens with zero attached hydrogens (tertiary/aromatic N) is 2. The molecule has 1 heterocycles. The first-order valence-electron chi connectivity index (χ1n) is 3.88. The van der Waals surface area contributed by atoms with Crippen molar-refractivity contribution in [2.24, 2.45) is 0 Å². The predicted octanol–water partition coefficient (Wildman–Crippen LogP) is -0.259. The van der Waals surface area contributed by atoms with E-state index >= 15 is 0 Å². The van der Waals surface area contributed by atoms with Crippen molar-refractivity contribution in [3.05, 3.63) is 0 Å². The van der Waals surface area contributed by atoms with Crippen LogP contribution in [0.5, 0.6) is 0 Å². The Morgan fingerprint density at radius 3 is 2.58 bits per heavy atom. The van der Waals surface area contributed by atoms with E-state index in [0.717, 1.165) is 0 Å². The smallest absolute Gasteiger partial charge is 0.259 e. The van der Waals surface area contributed by atoms with Gasteiger partial charge in [0.2, 0.25) is 6.17 Å². The fraction of sp³-hybridized carbons (Fsp3) is 0.857. The summed E-state index contributed by atoms with van der Waals surface area (Å²) in [5, 5.41) is 3.98. The van der Waals surface area contributed by atoms with Gasteiger partial charge in [-0.05, 0) is 0 Å². The van der Waals surface area contributed by atoms with E-state index in [1.54, 1.807) is 0 Å². The summed E-state index contributed by atoms with van der Waals surface area (Å²) in [4.78, 5) is 12.3. The van der Waals surface area contributed by atoms with E-state index in [4.69, 9.17) is 0 Å². The van der Waals surface area contributed by atoms with Gasteiger partial charge in [0.05, 0.1) is 0 Å². The van der Waals surface area contributed by atoms with Crippen LogP contribution in [0.4, 0.5) is 8.78 Å². The van der Waals surface area contributed by atoms with Crippen LogP contribution in [0, 0.1) is 0 Å². The fourth-order valence-electron chi connectivity index (χ4n) is 1.09. The Morgan fingerprint density at radius 2 is 2.08 bits per heavy atom. The quantitative estimate of drug-likeness (QED) is 0.572. The van der Waals surface area contributed by atoms with Crippen LogP contribution in [0.15, 0.2) is 0 Å². The van der Waals surface area contributed by atoms with E-state index < -0.39 is 18.8 Å². The molecule has 69 valence electrons. The number of rotatable bonds is 2. The number of halogens is 2. The van der Waals surface area contributed by atoms with E-state index in [-0.39, 0.29) is 0 Å². The molecule has 1 amide bonds. The Labute approximate surface area is 69.7 Å². The summed E-state index contributed by atoms with van der Waals surface area (Å²) in [6, 6.07) is 0. The molecule has 1 radical (unpaired) electrons. The van der Waals surface area contributed by atoms with Gasteiger partial charge in [0.25, 0.3) is 5.91 Å². The molecule has 12 heavy (non-hydrogen) atoms. The highest BCUT2D eigenvalue weighted by molar-refractivity contribution is 5.81. The molecule has 0 spiro atoms. The third kappa shape index (κ3) is 2.14. The number of piperazine rings is 1. The summed E-state index contributed by atoms with van der Waals surface area (Å²) < 4.78 is 24.3. The number of alkyl halides is 2. The number of carbonyl (C=O) groups excluding carboxylic acids is 1. The van der Waals surface area contributed by atoms with Gasteiger partial charge in [-0.25, -0.2) is 14.1 Å². The summed E-state index contributed by atoms with van der Waals surface area (Å²) in [5.41, 5.74) is 0. The van der Waals surface area contributed by atoms with E-state index in [0.29, 0.717) is 26.2 Å². The van der Waals surface area contributed by atoms with E-state index in [9.17, 15) is 13.6 Å². The molecule has 0 N–H and O–H groups in total. The predicted molar refractivity (Wildman–Crippen MR) is 39.3 cm³/mol. The third-order valence-corrected chi connectivity index (χ3v) is 1.77. The molecule has 1 saturated heterocycles. The lowest BCUT2D eigenvalue weighted by Gasteiger charge is -2.27. The van der Waals surface area contributed by atoms with Crippen molar-refractivity contribution in [1.82, 2.24) is 10.2 Å². The molecule has 1 unspecified atom stereocenters. The molecule has 1 aliphatic rings. The van der Waals surface area contributed by atoms with Gasteiger partial charge in [-0.3, -0.25) is 4.79 Å². The standard InChI is InChI=1S/C7H11F2N2O/c8-5-6(9)7(12)11-3-1-10-2-4-11/h6H,1-5H2. The molecular weight excluding hydrogens is 166 g/mol. The molecule has 1 rings (SSSR count). The highest BCUT2D eigenvalue weighted by Crippen LogP contribution is 2.02. The van der Waals surface area contributed by atoms with Crippen LogP contribution in [0.3, 0.4) is 0 Å².